The van der Waals surface area contributed by atoms with E-state index in [4.69, 9.17) is 9.47 Å². The summed E-state index contributed by atoms with van der Waals surface area (Å²) in [5.74, 6) is 0.561. The third-order valence-corrected chi connectivity index (χ3v) is 5.12. The molecule has 0 amide bonds. The number of nitrogens with zero attached hydrogens (tertiary/aromatic N) is 2. The maximum Gasteiger partial charge on any atom is 0.262 e. The van der Waals surface area contributed by atoms with Crippen LogP contribution in [0.15, 0.2) is 74.1 Å². The van der Waals surface area contributed by atoms with Gasteiger partial charge in [0, 0.05) is 28.7 Å². The van der Waals surface area contributed by atoms with Crippen LogP contribution in [-0.4, -0.2) is 35.2 Å². The quantitative estimate of drug-likeness (QED) is 0.452. The molecule has 0 aliphatic rings. The fourth-order valence-corrected chi connectivity index (χ4v) is 3.61. The minimum absolute atomic E-state index is 0.261. The zero-order valence-electron chi connectivity index (χ0n) is 16.7. The van der Waals surface area contributed by atoms with Gasteiger partial charge in [0.05, 0.1) is 25.3 Å². The number of hydrogen-bond acceptors (Lipinski definition) is 4. The molecular formula is C24H20N2O4. The molecule has 0 saturated carbocycles. The van der Waals surface area contributed by atoms with Gasteiger partial charge in [0.1, 0.15) is 11.5 Å². The van der Waals surface area contributed by atoms with E-state index in [1.807, 2.05) is 18.2 Å². The monoisotopic (exact) mass is 400 g/mol. The molecule has 150 valence electrons. The van der Waals surface area contributed by atoms with Gasteiger partial charge in [-0.05, 0) is 42.0 Å². The molecule has 4 rings (SSSR count). The molecule has 0 atom stereocenters. The number of aromatic nitrogens is 2. The minimum atomic E-state index is -0.302. The third-order valence-electron chi connectivity index (χ3n) is 5.12. The number of carbonyl (C=O) groups is 2. The molecule has 0 aliphatic carbocycles. The van der Waals surface area contributed by atoms with Crippen LogP contribution in [0.4, 0.5) is 0 Å². The fourth-order valence-electron chi connectivity index (χ4n) is 3.61. The third kappa shape index (κ3) is 2.90. The van der Waals surface area contributed by atoms with Crippen molar-refractivity contribution in [1.29, 1.82) is 0 Å². The predicted octanol–water partition coefficient (Wildman–Crippen LogP) is 4.79. The second-order valence-corrected chi connectivity index (χ2v) is 6.71. The molecule has 2 aromatic carbocycles. The van der Waals surface area contributed by atoms with Gasteiger partial charge in [-0.3, -0.25) is 18.7 Å². The average molecular weight is 400 g/mol. The largest absolute Gasteiger partial charge is 0.496 e. The van der Waals surface area contributed by atoms with E-state index in [9.17, 15) is 9.59 Å². The van der Waals surface area contributed by atoms with Crippen molar-refractivity contribution in [3.63, 3.8) is 0 Å². The van der Waals surface area contributed by atoms with Crippen LogP contribution in [0.1, 0.15) is 15.2 Å². The zero-order chi connectivity index (χ0) is 21.4. The van der Waals surface area contributed by atoms with Crippen LogP contribution in [0.25, 0.3) is 27.4 Å². The van der Waals surface area contributed by atoms with Gasteiger partial charge in [0.2, 0.25) is 0 Å². The molecule has 0 N–H and O–H groups in total. The number of allylic oxidation sites excluding steroid dienone is 2. The molecule has 4 aromatic rings. The van der Waals surface area contributed by atoms with Crippen molar-refractivity contribution in [3.05, 3.63) is 79.7 Å². The first-order valence-corrected chi connectivity index (χ1v) is 9.24. The number of ether oxygens (including phenoxy) is 2. The maximum absolute atomic E-state index is 13.3. The van der Waals surface area contributed by atoms with Crippen LogP contribution in [0.5, 0.6) is 11.5 Å². The number of fused-ring (bicyclic) bond motifs is 2. The lowest BCUT2D eigenvalue weighted by Crippen LogP contribution is -2.12. The van der Waals surface area contributed by atoms with E-state index in [1.54, 1.807) is 50.9 Å². The Morgan fingerprint density at radius 3 is 2.40 bits per heavy atom. The molecule has 0 fully saturated rings. The van der Waals surface area contributed by atoms with E-state index in [0.29, 0.717) is 28.1 Å². The second-order valence-electron chi connectivity index (χ2n) is 6.71. The first-order valence-electron chi connectivity index (χ1n) is 9.24. The molecule has 30 heavy (non-hydrogen) atoms. The van der Waals surface area contributed by atoms with E-state index in [2.05, 4.69) is 13.2 Å². The SMILES string of the molecule is C=CC(=O)n1ccc2c(OC)cc(C(=C)C(=O)n3ccc4cccc(OC)c43)cc21. The summed E-state index contributed by atoms with van der Waals surface area (Å²) in [4.78, 5) is 25.5. The van der Waals surface area contributed by atoms with Crippen LogP contribution >= 0.6 is 0 Å². The molecule has 6 heteroatoms. The highest BCUT2D eigenvalue weighted by molar-refractivity contribution is 6.23. The van der Waals surface area contributed by atoms with Gasteiger partial charge in [-0.15, -0.1) is 0 Å². The van der Waals surface area contributed by atoms with Crippen LogP contribution in [0, 0.1) is 0 Å². The van der Waals surface area contributed by atoms with Crippen molar-refractivity contribution >= 4 is 39.2 Å². The van der Waals surface area contributed by atoms with Gasteiger partial charge in [-0.2, -0.15) is 0 Å². The maximum atomic E-state index is 13.3. The normalized spacial score (nSPS) is 10.9. The van der Waals surface area contributed by atoms with Crippen molar-refractivity contribution in [3.8, 4) is 11.5 Å². The highest BCUT2D eigenvalue weighted by Gasteiger charge is 2.19. The second kappa shape index (κ2) is 7.40. The highest BCUT2D eigenvalue weighted by atomic mass is 16.5. The van der Waals surface area contributed by atoms with Gasteiger partial charge in [-0.25, -0.2) is 0 Å². The topological polar surface area (TPSA) is 62.5 Å². The number of benzene rings is 2. The van der Waals surface area contributed by atoms with Crippen molar-refractivity contribution in [1.82, 2.24) is 9.13 Å². The molecular weight excluding hydrogens is 380 g/mol. The molecule has 2 heterocycles. The van der Waals surface area contributed by atoms with Crippen molar-refractivity contribution in [2.75, 3.05) is 14.2 Å². The molecule has 2 aromatic heterocycles. The molecule has 0 unspecified atom stereocenters. The predicted molar refractivity (Wildman–Crippen MR) is 117 cm³/mol. The van der Waals surface area contributed by atoms with E-state index in [1.165, 1.54) is 15.2 Å². The lowest BCUT2D eigenvalue weighted by atomic mass is 10.0. The first kappa shape index (κ1) is 19.3. The van der Waals surface area contributed by atoms with E-state index in [0.717, 1.165) is 10.8 Å². The smallest absolute Gasteiger partial charge is 0.262 e. The lowest BCUT2D eigenvalue weighted by molar-refractivity contribution is 0.0970. The van der Waals surface area contributed by atoms with Gasteiger partial charge in [0.25, 0.3) is 11.8 Å². The van der Waals surface area contributed by atoms with E-state index in [-0.39, 0.29) is 17.4 Å². The highest BCUT2D eigenvalue weighted by Crippen LogP contribution is 2.33. The molecule has 6 nitrogen and oxygen atoms in total. The van der Waals surface area contributed by atoms with Crippen molar-refractivity contribution in [2.24, 2.45) is 0 Å². The Balaban J connectivity index is 1.84. The molecule has 0 radical (unpaired) electrons. The Morgan fingerprint density at radius 2 is 1.70 bits per heavy atom. The van der Waals surface area contributed by atoms with E-state index < -0.39 is 0 Å². The summed E-state index contributed by atoms with van der Waals surface area (Å²) in [5, 5.41) is 1.64. The summed E-state index contributed by atoms with van der Waals surface area (Å²) < 4.78 is 13.9. The molecule has 0 aliphatic heterocycles. The fraction of sp³-hybridized carbons (Fsp3) is 0.0833. The first-order chi connectivity index (χ1) is 14.5. The summed E-state index contributed by atoms with van der Waals surface area (Å²) in [6, 6.07) is 12.7. The summed E-state index contributed by atoms with van der Waals surface area (Å²) in [5.41, 5.74) is 2.10. The number of methoxy groups -OCH3 is 2. The number of para-hydroxylation sites is 1. The van der Waals surface area contributed by atoms with Crippen LogP contribution < -0.4 is 9.47 Å². The standard InChI is InChI=1S/C24H20N2O4/c1-5-22(27)25-12-10-18-19(25)13-17(14-21(18)30-4)15(2)24(28)26-11-9-16-7-6-8-20(29-3)23(16)26/h5-14H,1-2H2,3-4H3. The molecule has 0 bridgehead atoms. The number of hydrogen-bond donors (Lipinski definition) is 0. The summed E-state index contributed by atoms with van der Waals surface area (Å²) in [7, 11) is 3.11. The average Bonchev–Trinajstić information content (AvgIpc) is 3.41. The van der Waals surface area contributed by atoms with Crippen LogP contribution in [0.2, 0.25) is 0 Å². The Morgan fingerprint density at radius 1 is 0.967 bits per heavy atom. The van der Waals surface area contributed by atoms with Crippen molar-refractivity contribution in [2.45, 2.75) is 0 Å². The van der Waals surface area contributed by atoms with Gasteiger partial charge < -0.3 is 9.47 Å². The Bertz CT molecular complexity index is 1340. The van der Waals surface area contributed by atoms with Gasteiger partial charge >= 0.3 is 0 Å². The number of rotatable bonds is 5. The lowest BCUT2D eigenvalue weighted by Gasteiger charge is -2.12. The summed E-state index contributed by atoms with van der Waals surface area (Å²) in [6.45, 7) is 7.57. The zero-order valence-corrected chi connectivity index (χ0v) is 16.7. The Kier molecular flexibility index (Phi) is 4.75. The number of carbonyl (C=O) groups excluding carboxylic acids is 2. The van der Waals surface area contributed by atoms with Crippen molar-refractivity contribution < 1.29 is 19.1 Å². The summed E-state index contributed by atoms with van der Waals surface area (Å²) in [6.07, 6.45) is 4.58. The molecule has 0 saturated heterocycles. The molecule has 0 spiro atoms. The van der Waals surface area contributed by atoms with Crippen LogP contribution in [0.3, 0.4) is 0 Å². The van der Waals surface area contributed by atoms with Gasteiger partial charge in [-0.1, -0.05) is 25.3 Å². The Hall–Kier alpha value is -4.06. The Labute approximate surface area is 173 Å². The van der Waals surface area contributed by atoms with Gasteiger partial charge in [0.15, 0.2) is 0 Å². The minimum Gasteiger partial charge on any atom is -0.496 e. The summed E-state index contributed by atoms with van der Waals surface area (Å²) >= 11 is 0. The van der Waals surface area contributed by atoms with Crippen LogP contribution in [-0.2, 0) is 0 Å². The van der Waals surface area contributed by atoms with E-state index >= 15 is 0 Å².